The Morgan fingerprint density at radius 3 is 3.12 bits per heavy atom. The summed E-state index contributed by atoms with van der Waals surface area (Å²) in [6, 6.07) is 0. The van der Waals surface area contributed by atoms with Crippen LogP contribution in [0.25, 0.3) is 0 Å². The van der Waals surface area contributed by atoms with Crippen LogP contribution in [0.2, 0.25) is 0 Å². The van der Waals surface area contributed by atoms with E-state index in [0.717, 1.165) is 0 Å². The van der Waals surface area contributed by atoms with Gasteiger partial charge in [0.2, 0.25) is 0 Å². The molecule has 1 aromatic heterocycles. The number of nitrogens with two attached hydrogens (primary N) is 1. The van der Waals surface area contributed by atoms with Crippen LogP contribution in [0.3, 0.4) is 0 Å². The standard InChI is InChI=1S/C9H13N3O4/c1-5-2-12(9(14)11-8(5)10)6-4-15-7(3-13)16-6/h2,6-7,13H,3-4H2,1H3,(H2,10,11,14)/t6-,7+/m1/s1. The van der Waals surface area contributed by atoms with Crippen LogP contribution in [0.4, 0.5) is 5.82 Å². The van der Waals surface area contributed by atoms with E-state index in [9.17, 15) is 4.79 Å². The molecule has 1 aliphatic rings. The molecule has 2 atom stereocenters. The van der Waals surface area contributed by atoms with Gasteiger partial charge in [-0.2, -0.15) is 4.98 Å². The van der Waals surface area contributed by atoms with Crippen LogP contribution in [-0.2, 0) is 9.47 Å². The predicted octanol–water partition coefficient (Wildman–Crippen LogP) is -1.00. The molecule has 0 aromatic carbocycles. The van der Waals surface area contributed by atoms with Crippen molar-refractivity contribution in [3.8, 4) is 0 Å². The summed E-state index contributed by atoms with van der Waals surface area (Å²) in [7, 11) is 0. The summed E-state index contributed by atoms with van der Waals surface area (Å²) in [6.07, 6.45) is 0.324. The van der Waals surface area contributed by atoms with E-state index in [2.05, 4.69) is 4.98 Å². The van der Waals surface area contributed by atoms with Crippen molar-refractivity contribution in [2.75, 3.05) is 18.9 Å². The topological polar surface area (TPSA) is 99.6 Å². The third-order valence-electron chi connectivity index (χ3n) is 2.37. The molecule has 1 aromatic rings. The van der Waals surface area contributed by atoms with Crippen molar-refractivity contribution in [3.63, 3.8) is 0 Å². The highest BCUT2D eigenvalue weighted by Crippen LogP contribution is 2.19. The van der Waals surface area contributed by atoms with E-state index in [4.69, 9.17) is 20.3 Å². The average molecular weight is 227 g/mol. The molecule has 1 fully saturated rings. The molecule has 88 valence electrons. The quantitative estimate of drug-likeness (QED) is 0.672. The molecule has 2 rings (SSSR count). The minimum atomic E-state index is -0.685. The number of hydrogen-bond acceptors (Lipinski definition) is 6. The minimum absolute atomic E-state index is 0.205. The number of aliphatic hydroxyl groups excluding tert-OH is 1. The number of aromatic nitrogens is 2. The maximum atomic E-state index is 11.5. The number of nitrogen functional groups attached to an aromatic ring is 1. The number of anilines is 1. The molecule has 7 nitrogen and oxygen atoms in total. The van der Waals surface area contributed by atoms with E-state index < -0.39 is 18.2 Å². The van der Waals surface area contributed by atoms with Crippen molar-refractivity contribution in [3.05, 3.63) is 22.2 Å². The number of aliphatic hydroxyl groups is 1. The van der Waals surface area contributed by atoms with E-state index in [1.807, 2.05) is 0 Å². The Balaban J connectivity index is 2.28. The fourth-order valence-corrected chi connectivity index (χ4v) is 1.47. The maximum absolute atomic E-state index is 11.5. The lowest BCUT2D eigenvalue weighted by molar-refractivity contribution is -0.0992. The Morgan fingerprint density at radius 1 is 1.75 bits per heavy atom. The molecule has 2 heterocycles. The zero-order valence-corrected chi connectivity index (χ0v) is 8.79. The summed E-state index contributed by atoms with van der Waals surface area (Å²) in [5, 5.41) is 8.83. The van der Waals surface area contributed by atoms with Gasteiger partial charge in [0.15, 0.2) is 12.5 Å². The van der Waals surface area contributed by atoms with Gasteiger partial charge in [0, 0.05) is 11.8 Å². The van der Waals surface area contributed by atoms with Crippen LogP contribution in [-0.4, -0.2) is 34.2 Å². The first-order chi connectivity index (χ1) is 7.61. The second-order valence-electron chi connectivity index (χ2n) is 3.54. The molecule has 0 amide bonds. The molecule has 0 spiro atoms. The van der Waals surface area contributed by atoms with Crippen LogP contribution in [0.15, 0.2) is 11.0 Å². The van der Waals surface area contributed by atoms with Gasteiger partial charge in [-0.15, -0.1) is 0 Å². The highest BCUT2D eigenvalue weighted by molar-refractivity contribution is 5.35. The summed E-state index contributed by atoms with van der Waals surface area (Å²) in [4.78, 5) is 15.2. The molecule has 1 aliphatic heterocycles. The third-order valence-corrected chi connectivity index (χ3v) is 2.37. The molecule has 7 heteroatoms. The molecule has 0 aliphatic carbocycles. The van der Waals surface area contributed by atoms with Gasteiger partial charge in [0.05, 0.1) is 13.2 Å². The number of aryl methyl sites for hydroxylation is 1. The maximum Gasteiger partial charge on any atom is 0.351 e. The molecular weight excluding hydrogens is 214 g/mol. The van der Waals surface area contributed by atoms with E-state index in [1.54, 1.807) is 13.1 Å². The van der Waals surface area contributed by atoms with Crippen LogP contribution in [0.1, 0.15) is 11.8 Å². The average Bonchev–Trinajstić information content (AvgIpc) is 2.71. The van der Waals surface area contributed by atoms with Crippen LogP contribution in [0, 0.1) is 6.92 Å². The van der Waals surface area contributed by atoms with E-state index in [0.29, 0.717) is 5.56 Å². The van der Waals surface area contributed by atoms with Crippen molar-refractivity contribution < 1.29 is 14.6 Å². The van der Waals surface area contributed by atoms with Crippen molar-refractivity contribution >= 4 is 5.82 Å². The number of ether oxygens (including phenoxy) is 2. The Kier molecular flexibility index (Phi) is 2.90. The van der Waals surface area contributed by atoms with Gasteiger partial charge in [-0.05, 0) is 6.92 Å². The Hall–Kier alpha value is -1.44. The molecule has 0 unspecified atom stereocenters. The molecule has 0 bridgehead atoms. The first kappa shape index (κ1) is 11.1. The van der Waals surface area contributed by atoms with Crippen molar-refractivity contribution in [1.82, 2.24) is 9.55 Å². The summed E-state index contributed by atoms with van der Waals surface area (Å²) in [5.74, 6) is 0.207. The Labute approximate surface area is 91.4 Å². The Morgan fingerprint density at radius 2 is 2.50 bits per heavy atom. The van der Waals surface area contributed by atoms with Crippen LogP contribution in [0.5, 0.6) is 0 Å². The molecule has 0 radical (unpaired) electrons. The van der Waals surface area contributed by atoms with Gasteiger partial charge in [0.25, 0.3) is 0 Å². The molecular formula is C9H13N3O4. The van der Waals surface area contributed by atoms with E-state index in [-0.39, 0.29) is 19.0 Å². The first-order valence-electron chi connectivity index (χ1n) is 4.85. The molecule has 16 heavy (non-hydrogen) atoms. The SMILES string of the molecule is Cc1cn([C@H]2CO[C@H](CO)O2)c(=O)nc1N. The van der Waals surface area contributed by atoms with Gasteiger partial charge in [-0.3, -0.25) is 4.57 Å². The second kappa shape index (κ2) is 4.20. The summed E-state index contributed by atoms with van der Waals surface area (Å²) in [6.45, 7) is 1.71. The van der Waals surface area contributed by atoms with Crippen molar-refractivity contribution in [1.29, 1.82) is 0 Å². The van der Waals surface area contributed by atoms with Crippen molar-refractivity contribution in [2.45, 2.75) is 19.4 Å². The van der Waals surface area contributed by atoms with Gasteiger partial charge in [0.1, 0.15) is 5.82 Å². The van der Waals surface area contributed by atoms with E-state index >= 15 is 0 Å². The lowest BCUT2D eigenvalue weighted by Gasteiger charge is -2.13. The number of nitrogens with zero attached hydrogens (tertiary/aromatic N) is 2. The van der Waals surface area contributed by atoms with E-state index in [1.165, 1.54) is 4.57 Å². The third kappa shape index (κ3) is 1.92. The molecule has 1 saturated heterocycles. The molecule has 3 N–H and O–H groups in total. The van der Waals surface area contributed by atoms with Gasteiger partial charge in [-0.25, -0.2) is 4.79 Å². The van der Waals surface area contributed by atoms with Crippen LogP contribution >= 0.6 is 0 Å². The molecule has 0 saturated carbocycles. The second-order valence-corrected chi connectivity index (χ2v) is 3.54. The predicted molar refractivity (Wildman–Crippen MR) is 54.6 cm³/mol. The lowest BCUT2D eigenvalue weighted by atomic mass is 10.3. The van der Waals surface area contributed by atoms with Crippen molar-refractivity contribution in [2.24, 2.45) is 0 Å². The lowest BCUT2D eigenvalue weighted by Crippen LogP contribution is -2.29. The zero-order chi connectivity index (χ0) is 11.7. The highest BCUT2D eigenvalue weighted by atomic mass is 16.7. The van der Waals surface area contributed by atoms with Crippen LogP contribution < -0.4 is 11.4 Å². The fraction of sp³-hybridized carbons (Fsp3) is 0.556. The fourth-order valence-electron chi connectivity index (χ4n) is 1.47. The van der Waals surface area contributed by atoms with Gasteiger partial charge >= 0.3 is 5.69 Å². The normalized spacial score (nSPS) is 24.9. The summed E-state index contributed by atoms with van der Waals surface area (Å²) in [5.41, 5.74) is 5.71. The monoisotopic (exact) mass is 227 g/mol. The summed E-state index contributed by atoms with van der Waals surface area (Å²) >= 11 is 0. The highest BCUT2D eigenvalue weighted by Gasteiger charge is 2.27. The zero-order valence-electron chi connectivity index (χ0n) is 8.79. The Bertz CT molecular complexity index is 445. The smallest absolute Gasteiger partial charge is 0.351 e. The van der Waals surface area contributed by atoms with Gasteiger partial charge in [-0.1, -0.05) is 0 Å². The number of rotatable bonds is 2. The minimum Gasteiger partial charge on any atom is -0.391 e. The number of hydrogen-bond donors (Lipinski definition) is 2. The first-order valence-corrected chi connectivity index (χ1v) is 4.85. The summed E-state index contributed by atoms with van der Waals surface area (Å²) < 4.78 is 11.7. The van der Waals surface area contributed by atoms with Gasteiger partial charge < -0.3 is 20.3 Å². The largest absolute Gasteiger partial charge is 0.391 e.